The van der Waals surface area contributed by atoms with Gasteiger partial charge in [-0.05, 0) is 32.6 Å². The van der Waals surface area contributed by atoms with Gasteiger partial charge in [0.25, 0.3) is 0 Å². The van der Waals surface area contributed by atoms with Gasteiger partial charge in [-0.15, -0.1) is 10.2 Å². The molecule has 0 spiro atoms. The number of rotatable bonds is 4. The second-order valence-corrected chi connectivity index (χ2v) is 6.49. The normalized spacial score (nSPS) is 27.9. The summed E-state index contributed by atoms with van der Waals surface area (Å²) in [5.41, 5.74) is 0. The van der Waals surface area contributed by atoms with Crippen LogP contribution >= 0.6 is 0 Å². The average molecular weight is 292 g/mol. The van der Waals surface area contributed by atoms with E-state index in [1.165, 1.54) is 50.8 Å². The van der Waals surface area contributed by atoms with Crippen molar-refractivity contribution in [3.63, 3.8) is 0 Å². The van der Waals surface area contributed by atoms with E-state index in [-0.39, 0.29) is 6.04 Å². The SMILES string of the molecule is COC1CCCCC1NC(C)c1nnc2n1CCCCC2. The molecule has 0 radical (unpaired) electrons. The predicted octanol–water partition coefficient (Wildman–Crippen LogP) is 2.61. The Hall–Kier alpha value is -0.940. The number of nitrogens with zero attached hydrogens (tertiary/aromatic N) is 3. The Balaban J connectivity index is 1.70. The number of ether oxygens (including phenoxy) is 1. The number of fused-ring (bicyclic) bond motifs is 1. The van der Waals surface area contributed by atoms with Crippen LogP contribution in [0, 0.1) is 0 Å². The maximum absolute atomic E-state index is 5.65. The Kier molecular flexibility index (Phi) is 4.91. The van der Waals surface area contributed by atoms with Crippen LogP contribution in [0.4, 0.5) is 0 Å². The number of hydrogen-bond acceptors (Lipinski definition) is 4. The highest BCUT2D eigenvalue weighted by Gasteiger charge is 2.28. The number of hydrogen-bond donors (Lipinski definition) is 1. The molecule has 1 fully saturated rings. The van der Waals surface area contributed by atoms with Crippen molar-refractivity contribution in [2.45, 2.75) is 83.0 Å². The van der Waals surface area contributed by atoms with Crippen molar-refractivity contribution in [3.05, 3.63) is 11.6 Å². The van der Waals surface area contributed by atoms with Gasteiger partial charge < -0.3 is 14.6 Å². The van der Waals surface area contributed by atoms with Crippen molar-refractivity contribution < 1.29 is 4.74 Å². The Labute approximate surface area is 127 Å². The summed E-state index contributed by atoms with van der Waals surface area (Å²) in [7, 11) is 1.83. The van der Waals surface area contributed by atoms with E-state index in [1.807, 2.05) is 7.11 Å². The first kappa shape index (κ1) is 15.0. The van der Waals surface area contributed by atoms with Gasteiger partial charge in [-0.1, -0.05) is 19.3 Å². The van der Waals surface area contributed by atoms with Crippen molar-refractivity contribution in [2.75, 3.05) is 7.11 Å². The third kappa shape index (κ3) is 3.29. The van der Waals surface area contributed by atoms with Gasteiger partial charge in [0.05, 0.1) is 12.1 Å². The van der Waals surface area contributed by atoms with E-state index in [0.717, 1.165) is 18.8 Å². The molecule has 2 aliphatic rings. The molecule has 1 saturated carbocycles. The van der Waals surface area contributed by atoms with Crippen LogP contribution < -0.4 is 5.32 Å². The van der Waals surface area contributed by atoms with Crippen LogP contribution in [0.2, 0.25) is 0 Å². The van der Waals surface area contributed by atoms with Gasteiger partial charge in [-0.25, -0.2) is 0 Å². The predicted molar refractivity (Wildman–Crippen MR) is 82.2 cm³/mol. The highest BCUT2D eigenvalue weighted by molar-refractivity contribution is 5.03. The minimum atomic E-state index is 0.241. The van der Waals surface area contributed by atoms with E-state index in [4.69, 9.17) is 4.74 Å². The van der Waals surface area contributed by atoms with Crippen molar-refractivity contribution in [1.82, 2.24) is 20.1 Å². The molecule has 1 N–H and O–H groups in total. The summed E-state index contributed by atoms with van der Waals surface area (Å²) >= 11 is 0. The average Bonchev–Trinajstić information content (AvgIpc) is 2.77. The van der Waals surface area contributed by atoms with E-state index >= 15 is 0 Å². The minimum absolute atomic E-state index is 0.241. The summed E-state index contributed by atoms with van der Waals surface area (Å²) in [6, 6.07) is 0.683. The van der Waals surface area contributed by atoms with Crippen LogP contribution in [0.1, 0.15) is 69.6 Å². The zero-order valence-corrected chi connectivity index (χ0v) is 13.3. The summed E-state index contributed by atoms with van der Waals surface area (Å²) in [6.07, 6.45) is 10.1. The molecule has 0 bridgehead atoms. The molecule has 3 unspecified atom stereocenters. The highest BCUT2D eigenvalue weighted by Crippen LogP contribution is 2.24. The lowest BCUT2D eigenvalue weighted by Crippen LogP contribution is -2.44. The van der Waals surface area contributed by atoms with Gasteiger partial charge in [0.1, 0.15) is 11.6 Å². The molecule has 1 aliphatic heterocycles. The standard InChI is InChI=1S/C16H28N4O/c1-12(17-13-8-5-6-9-14(13)21-2)16-19-18-15-10-4-3-7-11-20(15)16/h12-14,17H,3-11H2,1-2H3. The molecule has 0 aromatic carbocycles. The molecule has 5 nitrogen and oxygen atoms in total. The monoisotopic (exact) mass is 292 g/mol. The molecule has 21 heavy (non-hydrogen) atoms. The number of aryl methyl sites for hydroxylation is 1. The molecule has 0 saturated heterocycles. The molecule has 1 aromatic rings. The Bertz CT molecular complexity index is 459. The van der Waals surface area contributed by atoms with Crippen molar-refractivity contribution in [3.8, 4) is 0 Å². The van der Waals surface area contributed by atoms with Gasteiger partial charge in [0.2, 0.25) is 0 Å². The van der Waals surface area contributed by atoms with Gasteiger partial charge >= 0.3 is 0 Å². The fourth-order valence-corrected chi connectivity index (χ4v) is 3.79. The maximum Gasteiger partial charge on any atom is 0.149 e. The second kappa shape index (κ2) is 6.88. The lowest BCUT2D eigenvalue weighted by molar-refractivity contribution is 0.0378. The van der Waals surface area contributed by atoms with Crippen molar-refractivity contribution in [1.29, 1.82) is 0 Å². The third-order valence-corrected chi connectivity index (χ3v) is 4.99. The minimum Gasteiger partial charge on any atom is -0.380 e. The molecular weight excluding hydrogens is 264 g/mol. The summed E-state index contributed by atoms with van der Waals surface area (Å²) < 4.78 is 7.99. The van der Waals surface area contributed by atoms with Gasteiger partial charge in [0, 0.05) is 26.1 Å². The van der Waals surface area contributed by atoms with Gasteiger partial charge in [-0.2, -0.15) is 0 Å². The lowest BCUT2D eigenvalue weighted by atomic mass is 9.92. The van der Waals surface area contributed by atoms with E-state index in [0.29, 0.717) is 12.1 Å². The van der Waals surface area contributed by atoms with E-state index in [2.05, 4.69) is 27.0 Å². The van der Waals surface area contributed by atoms with Crippen LogP contribution in [0.15, 0.2) is 0 Å². The van der Waals surface area contributed by atoms with E-state index < -0.39 is 0 Å². The summed E-state index contributed by atoms with van der Waals surface area (Å²) in [6.45, 7) is 3.28. The molecule has 3 rings (SSSR count). The van der Waals surface area contributed by atoms with Crippen LogP contribution in [-0.2, 0) is 17.7 Å². The number of aromatic nitrogens is 3. The molecule has 118 valence electrons. The third-order valence-electron chi connectivity index (χ3n) is 4.99. The first-order chi connectivity index (χ1) is 10.3. The van der Waals surface area contributed by atoms with Crippen molar-refractivity contribution in [2.24, 2.45) is 0 Å². The fourth-order valence-electron chi connectivity index (χ4n) is 3.79. The summed E-state index contributed by atoms with van der Waals surface area (Å²) in [4.78, 5) is 0. The molecule has 0 amide bonds. The lowest BCUT2D eigenvalue weighted by Gasteiger charge is -2.33. The zero-order chi connectivity index (χ0) is 14.7. The quantitative estimate of drug-likeness (QED) is 0.927. The number of nitrogens with one attached hydrogen (secondary N) is 1. The first-order valence-electron chi connectivity index (χ1n) is 8.50. The van der Waals surface area contributed by atoms with Gasteiger partial charge in [0.15, 0.2) is 0 Å². The topological polar surface area (TPSA) is 52.0 Å². The Morgan fingerprint density at radius 1 is 1.14 bits per heavy atom. The maximum atomic E-state index is 5.65. The van der Waals surface area contributed by atoms with Crippen LogP contribution in [0.3, 0.4) is 0 Å². The van der Waals surface area contributed by atoms with Crippen LogP contribution in [0.25, 0.3) is 0 Å². The molecule has 2 heterocycles. The fraction of sp³-hybridized carbons (Fsp3) is 0.875. The largest absolute Gasteiger partial charge is 0.380 e. The molecule has 5 heteroatoms. The van der Waals surface area contributed by atoms with E-state index in [9.17, 15) is 0 Å². The number of methoxy groups -OCH3 is 1. The molecule has 1 aliphatic carbocycles. The second-order valence-electron chi connectivity index (χ2n) is 6.49. The molecular formula is C16H28N4O. The Morgan fingerprint density at radius 2 is 2.00 bits per heavy atom. The smallest absolute Gasteiger partial charge is 0.149 e. The van der Waals surface area contributed by atoms with Crippen molar-refractivity contribution >= 4 is 0 Å². The summed E-state index contributed by atoms with van der Waals surface area (Å²) in [5, 5.41) is 12.6. The van der Waals surface area contributed by atoms with Gasteiger partial charge in [-0.3, -0.25) is 0 Å². The highest BCUT2D eigenvalue weighted by atomic mass is 16.5. The van der Waals surface area contributed by atoms with E-state index in [1.54, 1.807) is 0 Å². The first-order valence-corrected chi connectivity index (χ1v) is 8.50. The zero-order valence-electron chi connectivity index (χ0n) is 13.3. The Morgan fingerprint density at radius 3 is 2.86 bits per heavy atom. The summed E-state index contributed by atoms with van der Waals surface area (Å²) in [5.74, 6) is 2.27. The molecule has 3 atom stereocenters. The van der Waals surface area contributed by atoms with Crippen LogP contribution in [-0.4, -0.2) is 34.0 Å². The van der Waals surface area contributed by atoms with Crippen LogP contribution in [0.5, 0.6) is 0 Å². The molecule has 1 aromatic heterocycles.